The van der Waals surface area contributed by atoms with Gasteiger partial charge in [0.25, 0.3) is 5.12 Å². The number of hydrogen-bond donors (Lipinski definition) is 3. The lowest BCUT2D eigenvalue weighted by Crippen LogP contribution is -2.49. The molecule has 0 unspecified atom stereocenters. The van der Waals surface area contributed by atoms with Crippen molar-refractivity contribution in [3.05, 3.63) is 0 Å². The van der Waals surface area contributed by atoms with Crippen molar-refractivity contribution < 1.29 is 23.2 Å². The van der Waals surface area contributed by atoms with Crippen LogP contribution < -0.4 is 0 Å². The molecule has 0 radical (unpaired) electrons. The predicted octanol–water partition coefficient (Wildman–Crippen LogP) is -0.441. The Hall–Kier alpha value is -0.170. The van der Waals surface area contributed by atoms with Gasteiger partial charge in [0.1, 0.15) is 0 Å². The Morgan fingerprint density at radius 1 is 1.09 bits per heavy atom. The molecular weight excluding hydrogens is 172 g/mol. The minimum Gasteiger partial charge on any atom is -0.351 e. The molecule has 6 heteroatoms. The Kier molecular flexibility index (Phi) is 2.37. The third-order valence-electron chi connectivity index (χ3n) is 1.34. The van der Waals surface area contributed by atoms with E-state index in [1.807, 2.05) is 0 Å². The summed E-state index contributed by atoms with van der Waals surface area (Å²) in [4.78, 5) is 0. The van der Waals surface area contributed by atoms with Crippen LogP contribution in [-0.4, -0.2) is 28.3 Å². The van der Waals surface area contributed by atoms with Crippen molar-refractivity contribution in [2.45, 2.75) is 25.9 Å². The van der Waals surface area contributed by atoms with E-state index in [0.29, 0.717) is 0 Å². The zero-order valence-electron chi connectivity index (χ0n) is 6.57. The summed E-state index contributed by atoms with van der Waals surface area (Å²) in [6, 6.07) is 0. The molecular formula is C5H12O5S. The molecule has 0 aromatic heterocycles. The highest BCUT2D eigenvalue weighted by molar-refractivity contribution is 7.86. The maximum Gasteiger partial charge on any atom is 0.322 e. The van der Waals surface area contributed by atoms with Gasteiger partial charge < -0.3 is 10.2 Å². The molecule has 0 aromatic carbocycles. The number of hydrogen-bond acceptors (Lipinski definition) is 4. The van der Waals surface area contributed by atoms with Gasteiger partial charge in [0, 0.05) is 5.41 Å². The van der Waals surface area contributed by atoms with Crippen molar-refractivity contribution in [3.8, 4) is 0 Å². The fourth-order valence-corrected chi connectivity index (χ4v) is 1.16. The van der Waals surface area contributed by atoms with Crippen molar-refractivity contribution in [2.24, 2.45) is 5.41 Å². The van der Waals surface area contributed by atoms with Crippen LogP contribution in [0.15, 0.2) is 0 Å². The summed E-state index contributed by atoms with van der Waals surface area (Å²) < 4.78 is 29.1. The molecule has 68 valence electrons. The Morgan fingerprint density at radius 3 is 1.36 bits per heavy atom. The SMILES string of the molecule is CC(C)(C)C(O)(O)S(=O)(=O)O. The van der Waals surface area contributed by atoms with Gasteiger partial charge in [-0.2, -0.15) is 8.42 Å². The van der Waals surface area contributed by atoms with E-state index < -0.39 is 20.7 Å². The van der Waals surface area contributed by atoms with Crippen molar-refractivity contribution in [1.29, 1.82) is 0 Å². The molecule has 11 heavy (non-hydrogen) atoms. The van der Waals surface area contributed by atoms with Gasteiger partial charge >= 0.3 is 10.1 Å². The Balaban J connectivity index is 5.08. The van der Waals surface area contributed by atoms with Crippen molar-refractivity contribution in [2.75, 3.05) is 0 Å². The molecule has 0 aliphatic heterocycles. The molecule has 0 spiro atoms. The zero-order valence-corrected chi connectivity index (χ0v) is 7.38. The molecule has 0 aliphatic carbocycles. The molecule has 0 aliphatic rings. The van der Waals surface area contributed by atoms with Crippen molar-refractivity contribution in [1.82, 2.24) is 0 Å². The molecule has 0 atom stereocenters. The Labute approximate surface area is 65.4 Å². The highest BCUT2D eigenvalue weighted by Crippen LogP contribution is 2.31. The first-order valence-electron chi connectivity index (χ1n) is 2.92. The van der Waals surface area contributed by atoms with Gasteiger partial charge in [-0.05, 0) is 0 Å². The summed E-state index contributed by atoms with van der Waals surface area (Å²) in [7, 11) is -4.85. The van der Waals surface area contributed by atoms with Gasteiger partial charge in [0.15, 0.2) is 0 Å². The summed E-state index contributed by atoms with van der Waals surface area (Å²) in [5.74, 6) is 0. The summed E-state index contributed by atoms with van der Waals surface area (Å²) in [6.45, 7) is 3.84. The average Bonchev–Trinajstić information content (AvgIpc) is 1.58. The highest BCUT2D eigenvalue weighted by Gasteiger charge is 2.49. The van der Waals surface area contributed by atoms with Crippen LogP contribution in [0.5, 0.6) is 0 Å². The highest BCUT2D eigenvalue weighted by atomic mass is 32.2. The lowest BCUT2D eigenvalue weighted by atomic mass is 9.96. The molecule has 0 saturated carbocycles. The van der Waals surface area contributed by atoms with Crippen LogP contribution in [0.25, 0.3) is 0 Å². The quantitative estimate of drug-likeness (QED) is 0.379. The van der Waals surface area contributed by atoms with Crippen LogP contribution >= 0.6 is 0 Å². The second kappa shape index (κ2) is 2.41. The van der Waals surface area contributed by atoms with Crippen molar-refractivity contribution in [3.63, 3.8) is 0 Å². The van der Waals surface area contributed by atoms with E-state index in [1.165, 1.54) is 20.8 Å². The van der Waals surface area contributed by atoms with Crippen LogP contribution in [0.3, 0.4) is 0 Å². The summed E-state index contributed by atoms with van der Waals surface area (Å²) >= 11 is 0. The van der Waals surface area contributed by atoms with Crippen molar-refractivity contribution >= 4 is 10.1 Å². The maximum atomic E-state index is 10.4. The van der Waals surface area contributed by atoms with E-state index in [1.54, 1.807) is 0 Å². The van der Waals surface area contributed by atoms with E-state index in [0.717, 1.165) is 0 Å². The molecule has 0 heterocycles. The van der Waals surface area contributed by atoms with Gasteiger partial charge in [0.2, 0.25) is 0 Å². The molecule has 0 rings (SSSR count). The Morgan fingerprint density at radius 2 is 1.36 bits per heavy atom. The second-order valence-corrected chi connectivity index (χ2v) is 4.85. The van der Waals surface area contributed by atoms with E-state index in [2.05, 4.69) is 0 Å². The maximum absolute atomic E-state index is 10.4. The molecule has 0 saturated heterocycles. The number of rotatable bonds is 1. The van der Waals surface area contributed by atoms with Crippen LogP contribution in [-0.2, 0) is 10.1 Å². The van der Waals surface area contributed by atoms with E-state index in [-0.39, 0.29) is 0 Å². The minimum atomic E-state index is -4.85. The summed E-state index contributed by atoms with van der Waals surface area (Å²) in [5, 5.41) is 14.7. The first kappa shape index (κ1) is 10.8. The van der Waals surface area contributed by atoms with Gasteiger partial charge in [-0.25, -0.2) is 0 Å². The first-order valence-corrected chi connectivity index (χ1v) is 4.36. The van der Waals surface area contributed by atoms with Gasteiger partial charge in [-0.15, -0.1) is 0 Å². The lowest BCUT2D eigenvalue weighted by molar-refractivity contribution is -0.161. The predicted molar refractivity (Wildman–Crippen MR) is 38.2 cm³/mol. The van der Waals surface area contributed by atoms with E-state index in [9.17, 15) is 8.42 Å². The third kappa shape index (κ3) is 1.90. The monoisotopic (exact) mass is 184 g/mol. The second-order valence-electron chi connectivity index (χ2n) is 3.33. The van der Waals surface area contributed by atoms with Gasteiger partial charge in [-0.3, -0.25) is 4.55 Å². The molecule has 0 amide bonds. The fraction of sp³-hybridized carbons (Fsp3) is 1.00. The molecule has 0 aromatic rings. The topological polar surface area (TPSA) is 94.8 Å². The van der Waals surface area contributed by atoms with Crippen LogP contribution in [0, 0.1) is 5.41 Å². The average molecular weight is 184 g/mol. The first-order chi connectivity index (χ1) is 4.50. The largest absolute Gasteiger partial charge is 0.351 e. The fourth-order valence-electron chi connectivity index (χ4n) is 0.387. The molecule has 3 N–H and O–H groups in total. The van der Waals surface area contributed by atoms with E-state index in [4.69, 9.17) is 14.8 Å². The molecule has 5 nitrogen and oxygen atoms in total. The molecule has 0 bridgehead atoms. The van der Waals surface area contributed by atoms with Crippen LogP contribution in [0.4, 0.5) is 0 Å². The van der Waals surface area contributed by atoms with E-state index >= 15 is 0 Å². The van der Waals surface area contributed by atoms with Gasteiger partial charge in [-0.1, -0.05) is 20.8 Å². The van der Waals surface area contributed by atoms with Crippen LogP contribution in [0.1, 0.15) is 20.8 Å². The lowest BCUT2D eigenvalue weighted by Gasteiger charge is -2.31. The standard InChI is InChI=1S/C5H12O5S/c1-4(2,3)5(6,7)11(8,9)10/h6-7H,1-3H3,(H,8,9,10). The summed E-state index contributed by atoms with van der Waals surface area (Å²) in [6.07, 6.45) is 0. The summed E-state index contributed by atoms with van der Waals surface area (Å²) in [5.41, 5.74) is -1.35. The normalized spacial score (nSPS) is 15.1. The minimum absolute atomic E-state index is 1.28. The van der Waals surface area contributed by atoms with Crippen LogP contribution in [0.2, 0.25) is 0 Å². The zero-order chi connectivity index (χ0) is 9.50. The Bertz CT molecular complexity index is 232. The number of aliphatic hydroxyl groups is 2. The smallest absolute Gasteiger partial charge is 0.322 e. The molecule has 0 fully saturated rings. The van der Waals surface area contributed by atoms with Gasteiger partial charge in [0.05, 0.1) is 0 Å². The third-order valence-corrected chi connectivity index (χ3v) is 2.67.